The van der Waals surface area contributed by atoms with Crippen LogP contribution in [-0.4, -0.2) is 17.1 Å². The normalized spacial score (nSPS) is 13.9. The molecule has 0 saturated heterocycles. The maximum atomic E-state index is 8.58. The van der Waals surface area contributed by atoms with Crippen LogP contribution in [0.15, 0.2) is 23.4 Å². The lowest BCUT2D eigenvalue weighted by molar-refractivity contribution is 0.0235. The predicted molar refractivity (Wildman–Crippen MR) is 73.1 cm³/mol. The van der Waals surface area contributed by atoms with Crippen molar-refractivity contribution >= 4 is 17.4 Å². The van der Waals surface area contributed by atoms with E-state index in [9.17, 15) is 0 Å². The molecule has 0 aromatic heterocycles. The third-order valence-electron chi connectivity index (χ3n) is 2.90. The Labute approximate surface area is 112 Å². The van der Waals surface area contributed by atoms with Gasteiger partial charge in [-0.25, -0.2) is 0 Å². The second-order valence-corrected chi connectivity index (χ2v) is 4.96. The summed E-state index contributed by atoms with van der Waals surface area (Å²) >= 11 is 6.12. The molecule has 0 aliphatic carbocycles. The van der Waals surface area contributed by atoms with Crippen LogP contribution in [0.1, 0.15) is 31.9 Å². The summed E-state index contributed by atoms with van der Waals surface area (Å²) < 4.78 is 5.70. The largest absolute Gasteiger partial charge is 0.409 e. The Morgan fingerprint density at radius 1 is 1.44 bits per heavy atom. The Morgan fingerprint density at radius 3 is 2.61 bits per heavy atom. The van der Waals surface area contributed by atoms with Gasteiger partial charge < -0.3 is 15.7 Å². The summed E-state index contributed by atoms with van der Waals surface area (Å²) in [7, 11) is 0. The maximum Gasteiger partial charge on any atom is 0.170 e. The molecule has 0 aliphatic heterocycles. The first-order valence-corrected chi connectivity index (χ1v) is 6.21. The highest BCUT2D eigenvalue weighted by atomic mass is 35.5. The van der Waals surface area contributed by atoms with Gasteiger partial charge in [-0.1, -0.05) is 42.7 Å². The smallest absolute Gasteiger partial charge is 0.170 e. The van der Waals surface area contributed by atoms with Gasteiger partial charge in [0.2, 0.25) is 0 Å². The first kappa shape index (κ1) is 14.8. The van der Waals surface area contributed by atoms with Crippen LogP contribution in [0.5, 0.6) is 0 Å². The van der Waals surface area contributed by atoms with Gasteiger partial charge >= 0.3 is 0 Å². The van der Waals surface area contributed by atoms with E-state index in [0.29, 0.717) is 23.1 Å². The minimum atomic E-state index is 0.0416. The molecule has 3 N–H and O–H groups in total. The van der Waals surface area contributed by atoms with Crippen LogP contribution in [-0.2, 0) is 11.3 Å². The molecule has 100 valence electrons. The minimum Gasteiger partial charge on any atom is -0.409 e. The summed E-state index contributed by atoms with van der Waals surface area (Å²) in [5, 5.41) is 12.1. The average Bonchev–Trinajstić information content (AvgIpc) is 2.35. The number of hydrogen-bond donors (Lipinski definition) is 2. The minimum absolute atomic E-state index is 0.0416. The van der Waals surface area contributed by atoms with E-state index in [4.69, 9.17) is 27.3 Å². The number of benzene rings is 1. The van der Waals surface area contributed by atoms with E-state index in [0.717, 1.165) is 5.56 Å². The standard InChI is InChI=1S/C13H19ClN2O2/c1-8(2)9(3)18-7-11-5-4-10(6-12(11)14)13(15)16-17/h4-6,8-9,17H,7H2,1-3H3,(H2,15,16). The average molecular weight is 271 g/mol. The fourth-order valence-electron chi connectivity index (χ4n) is 1.30. The molecule has 1 unspecified atom stereocenters. The van der Waals surface area contributed by atoms with Gasteiger partial charge in [-0.3, -0.25) is 0 Å². The van der Waals surface area contributed by atoms with E-state index in [-0.39, 0.29) is 11.9 Å². The van der Waals surface area contributed by atoms with Crippen molar-refractivity contribution in [2.45, 2.75) is 33.5 Å². The van der Waals surface area contributed by atoms with Gasteiger partial charge in [0.1, 0.15) is 0 Å². The summed E-state index contributed by atoms with van der Waals surface area (Å²) in [5.74, 6) is 0.500. The highest BCUT2D eigenvalue weighted by molar-refractivity contribution is 6.31. The number of halogens is 1. The highest BCUT2D eigenvalue weighted by Crippen LogP contribution is 2.20. The Bertz CT molecular complexity index is 433. The molecule has 5 heteroatoms. The number of rotatable bonds is 5. The van der Waals surface area contributed by atoms with E-state index >= 15 is 0 Å². The predicted octanol–water partition coefficient (Wildman–Crippen LogP) is 3.00. The zero-order valence-electron chi connectivity index (χ0n) is 10.9. The van der Waals surface area contributed by atoms with Crippen LogP contribution in [0.2, 0.25) is 5.02 Å². The number of amidine groups is 1. The van der Waals surface area contributed by atoms with Crippen molar-refractivity contribution < 1.29 is 9.94 Å². The highest BCUT2D eigenvalue weighted by Gasteiger charge is 2.10. The van der Waals surface area contributed by atoms with Crippen molar-refractivity contribution in [2.24, 2.45) is 16.8 Å². The number of hydrogen-bond acceptors (Lipinski definition) is 3. The van der Waals surface area contributed by atoms with Crippen molar-refractivity contribution in [3.8, 4) is 0 Å². The Morgan fingerprint density at radius 2 is 2.11 bits per heavy atom. The zero-order chi connectivity index (χ0) is 13.7. The van der Waals surface area contributed by atoms with E-state index in [2.05, 4.69) is 19.0 Å². The molecule has 0 aliphatic rings. The SMILES string of the molecule is CC(C)C(C)OCc1ccc(/C(N)=N/O)cc1Cl. The van der Waals surface area contributed by atoms with Gasteiger partial charge in [0.25, 0.3) is 0 Å². The fraction of sp³-hybridized carbons (Fsp3) is 0.462. The van der Waals surface area contributed by atoms with Crippen LogP contribution < -0.4 is 5.73 Å². The van der Waals surface area contributed by atoms with E-state index in [1.54, 1.807) is 12.1 Å². The molecule has 4 nitrogen and oxygen atoms in total. The third-order valence-corrected chi connectivity index (χ3v) is 3.25. The van der Waals surface area contributed by atoms with Crippen LogP contribution in [0.25, 0.3) is 0 Å². The molecule has 0 amide bonds. The zero-order valence-corrected chi connectivity index (χ0v) is 11.6. The first-order chi connectivity index (χ1) is 8.45. The van der Waals surface area contributed by atoms with Crippen molar-refractivity contribution in [3.63, 3.8) is 0 Å². The molecule has 1 aromatic carbocycles. The van der Waals surface area contributed by atoms with Crippen molar-refractivity contribution in [3.05, 3.63) is 34.3 Å². The van der Waals surface area contributed by atoms with Crippen LogP contribution in [0.3, 0.4) is 0 Å². The lowest BCUT2D eigenvalue weighted by atomic mass is 10.1. The molecule has 18 heavy (non-hydrogen) atoms. The summed E-state index contributed by atoms with van der Waals surface area (Å²) in [6.07, 6.45) is 0.171. The Hall–Kier alpha value is -1.26. The van der Waals surface area contributed by atoms with Crippen molar-refractivity contribution in [1.29, 1.82) is 0 Å². The molecule has 0 heterocycles. The summed E-state index contributed by atoms with van der Waals surface area (Å²) in [6, 6.07) is 5.23. The number of oxime groups is 1. The Kier molecular flexibility index (Phi) is 5.44. The lowest BCUT2D eigenvalue weighted by Gasteiger charge is -2.17. The molecular formula is C13H19ClN2O2. The second kappa shape index (κ2) is 6.61. The van der Waals surface area contributed by atoms with Crippen LogP contribution >= 0.6 is 11.6 Å². The molecule has 0 spiro atoms. The van der Waals surface area contributed by atoms with Crippen LogP contribution in [0, 0.1) is 5.92 Å². The molecule has 0 fully saturated rings. The van der Waals surface area contributed by atoms with Gasteiger partial charge in [0, 0.05) is 10.6 Å². The number of nitrogens with two attached hydrogens (primary N) is 1. The molecular weight excluding hydrogens is 252 g/mol. The molecule has 0 radical (unpaired) electrons. The van der Waals surface area contributed by atoms with Gasteiger partial charge in [0.15, 0.2) is 5.84 Å². The van der Waals surface area contributed by atoms with E-state index in [1.807, 2.05) is 13.0 Å². The van der Waals surface area contributed by atoms with Gasteiger partial charge in [0.05, 0.1) is 12.7 Å². The molecule has 1 aromatic rings. The summed E-state index contributed by atoms with van der Waals surface area (Å²) in [6.45, 7) is 6.69. The van der Waals surface area contributed by atoms with Gasteiger partial charge in [-0.05, 0) is 24.5 Å². The monoisotopic (exact) mass is 270 g/mol. The second-order valence-electron chi connectivity index (χ2n) is 4.55. The lowest BCUT2D eigenvalue weighted by Crippen LogP contribution is -2.16. The topological polar surface area (TPSA) is 67.8 Å². The van der Waals surface area contributed by atoms with E-state index in [1.165, 1.54) is 0 Å². The summed E-state index contributed by atoms with van der Waals surface area (Å²) in [4.78, 5) is 0. The Balaban J connectivity index is 2.74. The third kappa shape index (κ3) is 3.89. The molecule has 0 saturated carbocycles. The number of nitrogens with zero attached hydrogens (tertiary/aromatic N) is 1. The molecule has 1 rings (SSSR count). The number of ether oxygens (including phenoxy) is 1. The fourth-order valence-corrected chi connectivity index (χ4v) is 1.53. The first-order valence-electron chi connectivity index (χ1n) is 5.83. The quantitative estimate of drug-likeness (QED) is 0.374. The van der Waals surface area contributed by atoms with Crippen molar-refractivity contribution in [1.82, 2.24) is 0 Å². The molecule has 1 atom stereocenters. The van der Waals surface area contributed by atoms with Crippen molar-refractivity contribution in [2.75, 3.05) is 0 Å². The maximum absolute atomic E-state index is 8.58. The van der Waals surface area contributed by atoms with Crippen LogP contribution in [0.4, 0.5) is 0 Å². The van der Waals surface area contributed by atoms with E-state index < -0.39 is 0 Å². The van der Waals surface area contributed by atoms with Gasteiger partial charge in [-0.2, -0.15) is 0 Å². The molecule has 0 bridgehead atoms. The van der Waals surface area contributed by atoms with Gasteiger partial charge in [-0.15, -0.1) is 0 Å². The summed E-state index contributed by atoms with van der Waals surface area (Å²) in [5.41, 5.74) is 6.96.